The molecule has 1 saturated heterocycles. The number of nitrogens with zero attached hydrogens (tertiary/aromatic N) is 3. The van der Waals surface area contributed by atoms with Crippen LogP contribution in [0, 0.1) is 17.0 Å². The van der Waals surface area contributed by atoms with Gasteiger partial charge in [0.2, 0.25) is 5.91 Å². The number of anilines is 1. The van der Waals surface area contributed by atoms with Crippen LogP contribution in [0.4, 0.5) is 11.4 Å². The van der Waals surface area contributed by atoms with Crippen LogP contribution in [0.2, 0.25) is 0 Å². The van der Waals surface area contributed by atoms with Crippen molar-refractivity contribution in [2.24, 2.45) is 0 Å². The van der Waals surface area contributed by atoms with Gasteiger partial charge in [-0.1, -0.05) is 12.1 Å². The minimum absolute atomic E-state index is 0.0451. The number of hydrogen-bond donors (Lipinski definition) is 1. The van der Waals surface area contributed by atoms with Gasteiger partial charge in [-0.2, -0.15) is 11.8 Å². The summed E-state index contributed by atoms with van der Waals surface area (Å²) < 4.78 is 1.80. The third kappa shape index (κ3) is 4.66. The predicted molar refractivity (Wildman–Crippen MR) is 121 cm³/mol. The van der Waals surface area contributed by atoms with Gasteiger partial charge in [0.25, 0.3) is 5.69 Å². The molecule has 2 heterocycles. The molecule has 7 nitrogen and oxygen atoms in total. The molecule has 1 aliphatic rings. The van der Waals surface area contributed by atoms with Crippen LogP contribution in [0.5, 0.6) is 0 Å². The minimum Gasteiger partial charge on any atom is -0.338 e. The first-order valence-corrected chi connectivity index (χ1v) is 11.1. The zero-order valence-corrected chi connectivity index (χ0v) is 17.7. The first kappa shape index (κ1) is 20.4. The van der Waals surface area contributed by atoms with E-state index in [9.17, 15) is 14.9 Å². The van der Waals surface area contributed by atoms with Gasteiger partial charge in [0.1, 0.15) is 6.54 Å². The number of aryl methyl sites for hydroxylation is 1. The summed E-state index contributed by atoms with van der Waals surface area (Å²) in [5.41, 5.74) is 3.95. The average molecular weight is 425 g/mol. The summed E-state index contributed by atoms with van der Waals surface area (Å²) >= 11 is 2.00. The fraction of sp³-hybridized carbons (Fsp3) is 0.318. The third-order valence-electron chi connectivity index (χ3n) is 5.35. The van der Waals surface area contributed by atoms with Crippen molar-refractivity contribution in [3.05, 3.63) is 69.9 Å². The second kappa shape index (κ2) is 8.89. The molecule has 1 N–H and O–H groups in total. The lowest BCUT2D eigenvalue weighted by molar-refractivity contribution is -0.384. The highest BCUT2D eigenvalue weighted by atomic mass is 32.2. The number of hydrogen-bond acceptors (Lipinski definition) is 5. The van der Waals surface area contributed by atoms with Crippen molar-refractivity contribution in [3.63, 3.8) is 0 Å². The van der Waals surface area contributed by atoms with Crippen molar-refractivity contribution in [2.75, 3.05) is 29.9 Å². The number of fused-ring (bicyclic) bond motifs is 1. The molecule has 0 saturated carbocycles. The van der Waals surface area contributed by atoms with E-state index in [2.05, 4.69) is 22.3 Å². The molecule has 0 aliphatic carbocycles. The molecule has 0 bridgehead atoms. The minimum atomic E-state index is -0.416. The molecule has 8 heteroatoms. The Balaban J connectivity index is 1.41. The lowest BCUT2D eigenvalue weighted by Gasteiger charge is -2.26. The molecule has 3 aromatic rings. The summed E-state index contributed by atoms with van der Waals surface area (Å²) in [6, 6.07) is 12.6. The van der Waals surface area contributed by atoms with Gasteiger partial charge in [-0.25, -0.2) is 0 Å². The summed E-state index contributed by atoms with van der Waals surface area (Å²) in [6.07, 6.45) is 1.78. The number of carbonyl (C=O) groups excluding carboxylic acids is 1. The van der Waals surface area contributed by atoms with Crippen molar-refractivity contribution in [3.8, 4) is 0 Å². The van der Waals surface area contributed by atoms with Crippen molar-refractivity contribution in [2.45, 2.75) is 20.0 Å². The Morgan fingerprint density at radius 1 is 1.17 bits per heavy atom. The van der Waals surface area contributed by atoms with Crippen LogP contribution in [0.3, 0.4) is 0 Å². The maximum atomic E-state index is 12.6. The lowest BCUT2D eigenvalue weighted by atomic mass is 10.1. The van der Waals surface area contributed by atoms with E-state index in [0.29, 0.717) is 0 Å². The van der Waals surface area contributed by atoms with Crippen LogP contribution in [-0.4, -0.2) is 44.9 Å². The largest absolute Gasteiger partial charge is 0.338 e. The molecule has 1 amide bonds. The van der Waals surface area contributed by atoms with E-state index in [1.54, 1.807) is 22.9 Å². The quantitative estimate of drug-likeness (QED) is 0.477. The zero-order chi connectivity index (χ0) is 21.1. The molecule has 1 aliphatic heterocycles. The Labute approximate surface area is 179 Å². The fourth-order valence-corrected chi connectivity index (χ4v) is 4.74. The van der Waals surface area contributed by atoms with E-state index in [-0.39, 0.29) is 18.1 Å². The van der Waals surface area contributed by atoms with Crippen molar-refractivity contribution >= 4 is 39.9 Å². The number of rotatable bonds is 6. The average Bonchev–Trinajstić information content (AvgIpc) is 3.13. The van der Waals surface area contributed by atoms with Gasteiger partial charge < -0.3 is 9.88 Å². The standard InChI is InChI=1S/C22H24N4O3S/c1-16-12-17(14-24-8-10-30-11-9-24)2-4-20(16)23-22(27)15-25-7-6-18-13-19(26(28)29)3-5-21(18)25/h2-7,12-13H,8-11,14-15H2,1H3,(H,23,27). The molecular weight excluding hydrogens is 400 g/mol. The molecule has 1 fully saturated rings. The molecule has 2 aromatic carbocycles. The molecular formula is C22H24N4O3S. The van der Waals surface area contributed by atoms with Gasteiger partial charge in [-0.15, -0.1) is 0 Å². The highest BCUT2D eigenvalue weighted by molar-refractivity contribution is 7.99. The summed E-state index contributed by atoms with van der Waals surface area (Å²) in [5.74, 6) is 2.25. The highest BCUT2D eigenvalue weighted by Crippen LogP contribution is 2.23. The number of amides is 1. The maximum absolute atomic E-state index is 12.6. The molecule has 4 rings (SSSR count). The number of nitro groups is 1. The molecule has 1 aromatic heterocycles. The molecule has 0 unspecified atom stereocenters. The van der Waals surface area contributed by atoms with Crippen LogP contribution in [-0.2, 0) is 17.9 Å². The van der Waals surface area contributed by atoms with Gasteiger partial charge in [0.05, 0.1) is 4.92 Å². The van der Waals surface area contributed by atoms with Crippen LogP contribution >= 0.6 is 11.8 Å². The summed E-state index contributed by atoms with van der Waals surface area (Å²) in [4.78, 5) is 25.6. The van der Waals surface area contributed by atoms with E-state index in [1.807, 2.05) is 24.8 Å². The summed E-state index contributed by atoms with van der Waals surface area (Å²) in [6.45, 7) is 5.34. The smallest absolute Gasteiger partial charge is 0.270 e. The van der Waals surface area contributed by atoms with Crippen molar-refractivity contribution < 1.29 is 9.72 Å². The van der Waals surface area contributed by atoms with E-state index in [0.717, 1.165) is 41.8 Å². The Hall–Kier alpha value is -2.84. The van der Waals surface area contributed by atoms with Crippen LogP contribution in [0.15, 0.2) is 48.7 Å². The van der Waals surface area contributed by atoms with Crippen LogP contribution in [0.1, 0.15) is 11.1 Å². The third-order valence-corrected chi connectivity index (χ3v) is 6.30. The Morgan fingerprint density at radius 2 is 1.97 bits per heavy atom. The van der Waals surface area contributed by atoms with Gasteiger partial charge in [0, 0.05) is 66.1 Å². The summed E-state index contributed by atoms with van der Waals surface area (Å²) in [7, 11) is 0. The fourth-order valence-electron chi connectivity index (χ4n) is 3.77. The number of nitrogens with one attached hydrogen (secondary N) is 1. The number of benzene rings is 2. The Morgan fingerprint density at radius 3 is 2.70 bits per heavy atom. The second-order valence-electron chi connectivity index (χ2n) is 7.53. The normalized spacial score (nSPS) is 14.7. The molecule has 156 valence electrons. The molecule has 0 atom stereocenters. The van der Waals surface area contributed by atoms with E-state index >= 15 is 0 Å². The monoisotopic (exact) mass is 424 g/mol. The lowest BCUT2D eigenvalue weighted by Crippen LogP contribution is -2.31. The van der Waals surface area contributed by atoms with E-state index in [4.69, 9.17) is 0 Å². The topological polar surface area (TPSA) is 80.4 Å². The van der Waals surface area contributed by atoms with E-state index in [1.165, 1.54) is 29.2 Å². The van der Waals surface area contributed by atoms with Crippen molar-refractivity contribution in [1.82, 2.24) is 9.47 Å². The van der Waals surface area contributed by atoms with Gasteiger partial charge in [0.15, 0.2) is 0 Å². The van der Waals surface area contributed by atoms with E-state index < -0.39 is 4.92 Å². The van der Waals surface area contributed by atoms with Crippen LogP contribution < -0.4 is 5.32 Å². The molecule has 0 radical (unpaired) electrons. The SMILES string of the molecule is Cc1cc(CN2CCSCC2)ccc1NC(=O)Cn1ccc2cc([N+](=O)[O-])ccc21. The van der Waals surface area contributed by atoms with Gasteiger partial charge >= 0.3 is 0 Å². The number of aromatic nitrogens is 1. The number of carbonyl (C=O) groups is 1. The summed E-state index contributed by atoms with van der Waals surface area (Å²) in [5, 5.41) is 14.7. The predicted octanol–water partition coefficient (Wildman–Crippen LogP) is 4.05. The first-order chi connectivity index (χ1) is 14.5. The van der Waals surface area contributed by atoms with Crippen LogP contribution in [0.25, 0.3) is 10.9 Å². The number of thioether (sulfide) groups is 1. The number of non-ortho nitro benzene ring substituents is 1. The number of nitro benzene ring substituents is 1. The highest BCUT2D eigenvalue weighted by Gasteiger charge is 2.13. The molecule has 0 spiro atoms. The van der Waals surface area contributed by atoms with Crippen molar-refractivity contribution in [1.29, 1.82) is 0 Å². The zero-order valence-electron chi connectivity index (χ0n) is 16.8. The van der Waals surface area contributed by atoms with Gasteiger partial charge in [-0.05, 0) is 36.2 Å². The second-order valence-corrected chi connectivity index (χ2v) is 8.75. The Bertz CT molecular complexity index is 1090. The van der Waals surface area contributed by atoms with Gasteiger partial charge in [-0.3, -0.25) is 19.8 Å². The Kier molecular flexibility index (Phi) is 6.06. The maximum Gasteiger partial charge on any atom is 0.270 e. The molecule has 30 heavy (non-hydrogen) atoms. The first-order valence-electron chi connectivity index (χ1n) is 9.92.